The average molecular weight is 441 g/mol. The highest BCUT2D eigenvalue weighted by Gasteiger charge is 2.17. The third-order valence-electron chi connectivity index (χ3n) is 5.34. The molecule has 1 atom stereocenters. The Hall–Kier alpha value is -2.41. The van der Waals surface area contributed by atoms with Gasteiger partial charge in [0.05, 0.1) is 5.25 Å². The van der Waals surface area contributed by atoms with Crippen LogP contribution < -0.4 is 14.8 Å². The van der Waals surface area contributed by atoms with Crippen molar-refractivity contribution in [2.45, 2.75) is 38.5 Å². The van der Waals surface area contributed by atoms with Crippen LogP contribution in [0.1, 0.15) is 37.8 Å². The molecule has 3 aromatic carbocycles. The van der Waals surface area contributed by atoms with E-state index in [4.69, 9.17) is 4.74 Å². The Balaban J connectivity index is 1.52. The fourth-order valence-electron chi connectivity index (χ4n) is 3.23. The minimum absolute atomic E-state index is 0.0875. The molecule has 0 aliphatic carbocycles. The molecule has 166 valence electrons. The maximum absolute atomic E-state index is 12.0. The average Bonchev–Trinajstić information content (AvgIpc) is 2.77. The normalized spacial score (nSPS) is 12.9. The molecule has 3 rings (SSSR count). The van der Waals surface area contributed by atoms with Crippen molar-refractivity contribution in [2.24, 2.45) is 0 Å². The van der Waals surface area contributed by atoms with Crippen LogP contribution in [-0.2, 0) is 16.6 Å². The van der Waals surface area contributed by atoms with Crippen LogP contribution in [0.15, 0.2) is 66.7 Å². The van der Waals surface area contributed by atoms with Gasteiger partial charge in [-0.1, -0.05) is 61.5 Å². The second kappa shape index (κ2) is 10.8. The molecule has 0 aromatic heterocycles. The zero-order valence-electron chi connectivity index (χ0n) is 18.5. The maximum Gasteiger partial charge on any atom is 0.213 e. The number of nitrogens with one attached hydrogen (secondary N) is 2. The molecule has 0 saturated heterocycles. The number of ether oxygens (including phenoxy) is 1. The van der Waals surface area contributed by atoms with Gasteiger partial charge in [-0.15, -0.1) is 0 Å². The Morgan fingerprint density at radius 3 is 2.35 bits per heavy atom. The summed E-state index contributed by atoms with van der Waals surface area (Å²) in [5.74, 6) is 0.934. The Morgan fingerprint density at radius 1 is 0.903 bits per heavy atom. The Labute approximate surface area is 185 Å². The van der Waals surface area contributed by atoms with Gasteiger partial charge >= 0.3 is 0 Å². The van der Waals surface area contributed by atoms with Crippen LogP contribution in [0.4, 0.5) is 0 Å². The molecule has 0 bridgehead atoms. The third kappa shape index (κ3) is 6.79. The van der Waals surface area contributed by atoms with Gasteiger partial charge in [-0.3, -0.25) is 0 Å². The first-order chi connectivity index (χ1) is 14.8. The SMILES string of the molecule is CC(CNS(=O)(=O)C(C)C)c1ccc2cc(OCCNCc3ccccc3)ccc2c1. The molecule has 0 saturated carbocycles. The highest BCUT2D eigenvalue weighted by molar-refractivity contribution is 7.90. The minimum atomic E-state index is -3.25. The van der Waals surface area contributed by atoms with Crippen molar-refractivity contribution < 1.29 is 13.2 Å². The van der Waals surface area contributed by atoms with Crippen molar-refractivity contribution in [1.82, 2.24) is 10.0 Å². The first-order valence-corrected chi connectivity index (χ1v) is 12.3. The molecule has 3 aromatic rings. The summed E-state index contributed by atoms with van der Waals surface area (Å²) in [5, 5.41) is 5.18. The van der Waals surface area contributed by atoms with Crippen LogP contribution in [0.3, 0.4) is 0 Å². The largest absolute Gasteiger partial charge is 0.492 e. The van der Waals surface area contributed by atoms with Crippen molar-refractivity contribution >= 4 is 20.8 Å². The van der Waals surface area contributed by atoms with Crippen LogP contribution in [0.25, 0.3) is 10.8 Å². The maximum atomic E-state index is 12.0. The monoisotopic (exact) mass is 440 g/mol. The molecule has 31 heavy (non-hydrogen) atoms. The summed E-state index contributed by atoms with van der Waals surface area (Å²) in [4.78, 5) is 0. The smallest absolute Gasteiger partial charge is 0.213 e. The van der Waals surface area contributed by atoms with Gasteiger partial charge in [0, 0.05) is 19.6 Å². The van der Waals surface area contributed by atoms with E-state index in [1.54, 1.807) is 13.8 Å². The van der Waals surface area contributed by atoms with Gasteiger partial charge in [-0.05, 0) is 53.8 Å². The van der Waals surface area contributed by atoms with E-state index in [2.05, 4.69) is 46.4 Å². The lowest BCUT2D eigenvalue weighted by Gasteiger charge is -2.16. The topological polar surface area (TPSA) is 67.4 Å². The van der Waals surface area contributed by atoms with Gasteiger partial charge in [0.2, 0.25) is 10.0 Å². The van der Waals surface area contributed by atoms with Gasteiger partial charge in [-0.2, -0.15) is 0 Å². The van der Waals surface area contributed by atoms with Crippen LogP contribution in [0.2, 0.25) is 0 Å². The summed E-state index contributed by atoms with van der Waals surface area (Å²) in [6.45, 7) is 7.99. The summed E-state index contributed by atoms with van der Waals surface area (Å²) in [6, 6.07) is 22.6. The number of fused-ring (bicyclic) bond motifs is 1. The van der Waals surface area contributed by atoms with E-state index < -0.39 is 15.3 Å². The van der Waals surface area contributed by atoms with Gasteiger partial charge in [0.1, 0.15) is 12.4 Å². The molecule has 0 radical (unpaired) electrons. The van der Waals surface area contributed by atoms with Crippen molar-refractivity contribution in [3.05, 3.63) is 77.9 Å². The molecular weight excluding hydrogens is 408 g/mol. The van der Waals surface area contributed by atoms with E-state index in [-0.39, 0.29) is 5.92 Å². The number of sulfonamides is 1. The number of benzene rings is 3. The third-order valence-corrected chi connectivity index (χ3v) is 7.15. The minimum Gasteiger partial charge on any atom is -0.492 e. The summed E-state index contributed by atoms with van der Waals surface area (Å²) >= 11 is 0. The number of rotatable bonds is 11. The first-order valence-electron chi connectivity index (χ1n) is 10.7. The van der Waals surface area contributed by atoms with Crippen molar-refractivity contribution in [3.63, 3.8) is 0 Å². The summed E-state index contributed by atoms with van der Waals surface area (Å²) in [6.07, 6.45) is 0. The standard InChI is InChI=1S/C25H32N2O3S/c1-19(2)31(28,29)27-17-20(3)22-9-10-24-16-25(12-11-23(24)15-22)30-14-13-26-18-21-7-5-4-6-8-21/h4-12,15-16,19-20,26-27H,13-14,17-18H2,1-3H3. The zero-order chi connectivity index (χ0) is 22.3. The molecule has 6 heteroatoms. The van der Waals surface area contributed by atoms with E-state index in [9.17, 15) is 8.42 Å². The summed E-state index contributed by atoms with van der Waals surface area (Å²) < 4.78 is 32.6. The number of hydrogen-bond acceptors (Lipinski definition) is 4. The first kappa shape index (κ1) is 23.3. The molecule has 0 fully saturated rings. The Morgan fingerprint density at radius 2 is 1.61 bits per heavy atom. The lowest BCUT2D eigenvalue weighted by molar-refractivity contribution is 0.314. The van der Waals surface area contributed by atoms with E-state index >= 15 is 0 Å². The van der Waals surface area contributed by atoms with Crippen LogP contribution in [0, 0.1) is 0 Å². The van der Waals surface area contributed by atoms with E-state index in [0.717, 1.165) is 35.2 Å². The van der Waals surface area contributed by atoms with E-state index in [1.165, 1.54) is 5.56 Å². The quantitative estimate of drug-likeness (QED) is 0.433. The second-order valence-corrected chi connectivity index (χ2v) is 10.4. The number of hydrogen-bond donors (Lipinski definition) is 2. The molecule has 2 N–H and O–H groups in total. The van der Waals surface area contributed by atoms with Crippen molar-refractivity contribution in [2.75, 3.05) is 19.7 Å². The highest BCUT2D eigenvalue weighted by atomic mass is 32.2. The fraction of sp³-hybridized carbons (Fsp3) is 0.360. The van der Waals surface area contributed by atoms with Gasteiger partial charge in [0.15, 0.2) is 0 Å². The molecule has 0 amide bonds. The van der Waals surface area contributed by atoms with Gasteiger partial charge < -0.3 is 10.1 Å². The molecule has 0 aliphatic heterocycles. The zero-order valence-corrected chi connectivity index (χ0v) is 19.3. The molecular formula is C25H32N2O3S. The molecule has 5 nitrogen and oxygen atoms in total. The predicted molar refractivity (Wildman–Crippen MR) is 128 cm³/mol. The molecule has 0 spiro atoms. The Kier molecular flexibility index (Phi) is 8.07. The van der Waals surface area contributed by atoms with Gasteiger partial charge in [-0.25, -0.2) is 13.1 Å². The highest BCUT2D eigenvalue weighted by Crippen LogP contribution is 2.25. The lowest BCUT2D eigenvalue weighted by atomic mass is 9.98. The lowest BCUT2D eigenvalue weighted by Crippen LogP contribution is -2.33. The summed E-state index contributed by atoms with van der Waals surface area (Å²) in [7, 11) is -3.25. The predicted octanol–water partition coefficient (Wildman–Crippen LogP) is 4.44. The molecule has 0 aliphatic rings. The van der Waals surface area contributed by atoms with Crippen molar-refractivity contribution in [3.8, 4) is 5.75 Å². The van der Waals surface area contributed by atoms with E-state index in [0.29, 0.717) is 13.2 Å². The van der Waals surface area contributed by atoms with Crippen LogP contribution in [0.5, 0.6) is 5.75 Å². The van der Waals surface area contributed by atoms with Crippen LogP contribution in [-0.4, -0.2) is 33.4 Å². The van der Waals surface area contributed by atoms with Crippen molar-refractivity contribution in [1.29, 1.82) is 0 Å². The van der Waals surface area contributed by atoms with Crippen LogP contribution >= 0.6 is 0 Å². The summed E-state index contributed by atoms with van der Waals surface area (Å²) in [5.41, 5.74) is 2.37. The second-order valence-electron chi connectivity index (χ2n) is 8.12. The molecule has 1 unspecified atom stereocenters. The van der Waals surface area contributed by atoms with E-state index in [1.807, 2.05) is 37.3 Å². The van der Waals surface area contributed by atoms with Gasteiger partial charge in [0.25, 0.3) is 0 Å². The molecule has 0 heterocycles. The fourth-order valence-corrected chi connectivity index (χ4v) is 4.05. The Bertz CT molecular complexity index is 1080.